The summed E-state index contributed by atoms with van der Waals surface area (Å²) in [6.45, 7) is 0. The lowest BCUT2D eigenvalue weighted by Gasteiger charge is -2.03. The number of hydrogen-bond acceptors (Lipinski definition) is 8. The number of imidazole rings is 1. The number of nitrogens with two attached hydrogens (primary N) is 1. The molecule has 0 aliphatic heterocycles. The highest BCUT2D eigenvalue weighted by molar-refractivity contribution is 8.00. The number of nitrogens with zero attached hydrogens (tertiary/aromatic N) is 4. The lowest BCUT2D eigenvalue weighted by Crippen LogP contribution is -2.04. The fourth-order valence-corrected chi connectivity index (χ4v) is 2.80. The van der Waals surface area contributed by atoms with Crippen LogP contribution in [0, 0.1) is 10.1 Å². The highest BCUT2D eigenvalue weighted by atomic mass is 32.2. The summed E-state index contributed by atoms with van der Waals surface area (Å²) >= 11 is 1.20. The maximum atomic E-state index is 12.2. The first-order chi connectivity index (χ1) is 11.0. The van der Waals surface area contributed by atoms with Gasteiger partial charge in [-0.05, 0) is 12.1 Å². The summed E-state index contributed by atoms with van der Waals surface area (Å²) in [5.41, 5.74) is 6.99. The predicted molar refractivity (Wildman–Crippen MR) is 84.2 cm³/mol. The Hall–Kier alpha value is -3.01. The van der Waals surface area contributed by atoms with Crippen LogP contribution in [0.15, 0.2) is 35.6 Å². The fraction of sp³-hybridized carbons (Fsp3) is 0.0769. The van der Waals surface area contributed by atoms with E-state index in [2.05, 4.69) is 19.9 Å². The van der Waals surface area contributed by atoms with Gasteiger partial charge in [-0.3, -0.25) is 14.9 Å². The number of carbonyl (C=O) groups excluding carboxylic acids is 1. The van der Waals surface area contributed by atoms with Gasteiger partial charge in [-0.25, -0.2) is 9.97 Å². The number of non-ortho nitro benzene ring substituents is 1. The second kappa shape index (κ2) is 6.01. The number of ketones is 1. The molecular weight excluding hydrogens is 320 g/mol. The lowest BCUT2D eigenvalue weighted by atomic mass is 10.1. The van der Waals surface area contributed by atoms with Crippen molar-refractivity contribution in [1.29, 1.82) is 0 Å². The third-order valence-electron chi connectivity index (χ3n) is 3.01. The van der Waals surface area contributed by atoms with Gasteiger partial charge in [0.25, 0.3) is 5.69 Å². The van der Waals surface area contributed by atoms with Crippen molar-refractivity contribution in [3.8, 4) is 0 Å². The first-order valence-corrected chi connectivity index (χ1v) is 7.40. The van der Waals surface area contributed by atoms with E-state index in [1.165, 1.54) is 42.4 Å². The lowest BCUT2D eigenvalue weighted by molar-refractivity contribution is -0.384. The molecule has 116 valence electrons. The van der Waals surface area contributed by atoms with Gasteiger partial charge in [-0.15, -0.1) is 0 Å². The highest BCUT2D eigenvalue weighted by Crippen LogP contribution is 2.24. The average molecular weight is 330 g/mol. The highest BCUT2D eigenvalue weighted by Gasteiger charge is 2.13. The van der Waals surface area contributed by atoms with Crippen LogP contribution in [0.5, 0.6) is 0 Å². The molecule has 0 fully saturated rings. The van der Waals surface area contributed by atoms with E-state index in [1.54, 1.807) is 0 Å². The molecule has 0 aliphatic rings. The number of nitro benzene ring substituents is 1. The molecule has 9 nitrogen and oxygen atoms in total. The van der Waals surface area contributed by atoms with Gasteiger partial charge in [0.05, 0.1) is 17.0 Å². The number of rotatable bonds is 5. The van der Waals surface area contributed by atoms with Crippen molar-refractivity contribution < 1.29 is 9.72 Å². The second-order valence-electron chi connectivity index (χ2n) is 4.50. The fourth-order valence-electron chi connectivity index (χ4n) is 1.91. The summed E-state index contributed by atoms with van der Waals surface area (Å²) in [5.74, 6) is 0.0205. The standard InChI is InChI=1S/C13H10N6O3S/c14-13-17-11-10(15-6-16-11)12(18-13)23-5-9(20)7-1-3-8(4-2-7)19(21)22/h1-4,6H,5H2,(H3,14,15,16,17,18). The Morgan fingerprint density at radius 1 is 1.30 bits per heavy atom. The number of fused-ring (bicyclic) bond motifs is 1. The zero-order chi connectivity index (χ0) is 16.4. The van der Waals surface area contributed by atoms with Crippen molar-refractivity contribution in [2.24, 2.45) is 0 Å². The van der Waals surface area contributed by atoms with Crippen molar-refractivity contribution in [3.05, 3.63) is 46.3 Å². The van der Waals surface area contributed by atoms with Crippen molar-refractivity contribution in [2.75, 3.05) is 11.5 Å². The molecule has 23 heavy (non-hydrogen) atoms. The van der Waals surface area contributed by atoms with Crippen LogP contribution >= 0.6 is 11.8 Å². The van der Waals surface area contributed by atoms with Gasteiger partial charge in [0.15, 0.2) is 11.4 Å². The minimum Gasteiger partial charge on any atom is -0.368 e. The minimum absolute atomic E-state index is 0.0584. The Morgan fingerprint density at radius 3 is 2.74 bits per heavy atom. The first-order valence-electron chi connectivity index (χ1n) is 6.41. The second-order valence-corrected chi connectivity index (χ2v) is 5.47. The van der Waals surface area contributed by atoms with Crippen LogP contribution in [0.1, 0.15) is 10.4 Å². The van der Waals surface area contributed by atoms with Gasteiger partial charge >= 0.3 is 0 Å². The maximum Gasteiger partial charge on any atom is 0.269 e. The number of carbonyl (C=O) groups is 1. The molecule has 2 heterocycles. The topological polar surface area (TPSA) is 141 Å². The van der Waals surface area contributed by atoms with Crippen LogP contribution in [-0.2, 0) is 0 Å². The van der Waals surface area contributed by atoms with Gasteiger partial charge in [-0.2, -0.15) is 4.98 Å². The number of thioether (sulfide) groups is 1. The van der Waals surface area contributed by atoms with E-state index in [4.69, 9.17) is 5.73 Å². The number of Topliss-reactive ketones (excluding diaryl/α,β-unsaturated/α-hetero) is 1. The number of nitrogen functional groups attached to an aromatic ring is 1. The van der Waals surface area contributed by atoms with Gasteiger partial charge < -0.3 is 10.7 Å². The summed E-state index contributed by atoms with van der Waals surface area (Å²) in [6.07, 6.45) is 1.47. The summed E-state index contributed by atoms with van der Waals surface area (Å²) < 4.78 is 0. The van der Waals surface area contributed by atoms with Crippen LogP contribution in [0.3, 0.4) is 0 Å². The molecule has 0 unspecified atom stereocenters. The van der Waals surface area contributed by atoms with Crippen molar-refractivity contribution in [1.82, 2.24) is 19.9 Å². The Morgan fingerprint density at radius 2 is 2.04 bits per heavy atom. The van der Waals surface area contributed by atoms with E-state index in [9.17, 15) is 14.9 Å². The molecule has 1 aromatic carbocycles. The number of hydrogen-bond donors (Lipinski definition) is 2. The van der Waals surface area contributed by atoms with E-state index in [-0.39, 0.29) is 23.2 Å². The summed E-state index contributed by atoms with van der Waals surface area (Å²) in [4.78, 5) is 37.2. The molecule has 0 amide bonds. The van der Waals surface area contributed by atoms with Gasteiger partial charge in [0.2, 0.25) is 5.95 Å². The Bertz CT molecular complexity index is 892. The number of anilines is 1. The normalized spacial score (nSPS) is 10.8. The number of benzene rings is 1. The Balaban J connectivity index is 1.75. The number of H-pyrrole nitrogens is 1. The zero-order valence-corrected chi connectivity index (χ0v) is 12.4. The van der Waals surface area contributed by atoms with Gasteiger partial charge in [0.1, 0.15) is 10.5 Å². The molecule has 10 heteroatoms. The van der Waals surface area contributed by atoms with E-state index in [0.717, 1.165) is 0 Å². The van der Waals surface area contributed by atoms with E-state index in [1.807, 2.05) is 0 Å². The molecule has 0 aliphatic carbocycles. The quantitative estimate of drug-likeness (QED) is 0.237. The molecule has 0 saturated heterocycles. The van der Waals surface area contributed by atoms with Gasteiger partial charge in [-0.1, -0.05) is 11.8 Å². The molecule has 0 radical (unpaired) electrons. The largest absolute Gasteiger partial charge is 0.368 e. The summed E-state index contributed by atoms with van der Waals surface area (Å²) in [5, 5.41) is 11.1. The SMILES string of the molecule is Nc1nc(SCC(=O)c2ccc([N+](=O)[O-])cc2)c2[nH]cnc2n1. The number of nitro groups is 1. The van der Waals surface area contributed by atoms with E-state index >= 15 is 0 Å². The number of nitrogens with one attached hydrogen (secondary N) is 1. The third-order valence-corrected chi connectivity index (χ3v) is 3.99. The molecule has 0 spiro atoms. The first kappa shape index (κ1) is 14.9. The summed E-state index contributed by atoms with van der Waals surface area (Å²) in [6, 6.07) is 5.46. The number of aromatic amines is 1. The van der Waals surface area contributed by atoms with Crippen molar-refractivity contribution >= 4 is 40.3 Å². The van der Waals surface area contributed by atoms with E-state index < -0.39 is 4.92 Å². The van der Waals surface area contributed by atoms with Crippen LogP contribution in [0.25, 0.3) is 11.2 Å². The number of aromatic nitrogens is 4. The molecule has 0 atom stereocenters. The predicted octanol–water partition coefficient (Wildman–Crippen LogP) is 1.82. The molecular formula is C13H10N6O3S. The van der Waals surface area contributed by atoms with E-state index in [0.29, 0.717) is 21.8 Å². The van der Waals surface area contributed by atoms with Crippen molar-refractivity contribution in [2.45, 2.75) is 5.03 Å². The van der Waals surface area contributed by atoms with Crippen LogP contribution in [0.2, 0.25) is 0 Å². The Labute approximate surface area is 133 Å². The molecule has 3 aromatic rings. The molecule has 0 saturated carbocycles. The molecule has 2 aromatic heterocycles. The minimum atomic E-state index is -0.512. The van der Waals surface area contributed by atoms with Crippen LogP contribution in [0.4, 0.5) is 11.6 Å². The smallest absolute Gasteiger partial charge is 0.269 e. The molecule has 3 N–H and O–H groups in total. The average Bonchev–Trinajstić information content (AvgIpc) is 3.00. The summed E-state index contributed by atoms with van der Waals surface area (Å²) in [7, 11) is 0. The third kappa shape index (κ3) is 3.11. The maximum absolute atomic E-state index is 12.2. The van der Waals surface area contributed by atoms with Gasteiger partial charge in [0, 0.05) is 17.7 Å². The zero-order valence-electron chi connectivity index (χ0n) is 11.6. The van der Waals surface area contributed by atoms with Crippen molar-refractivity contribution in [3.63, 3.8) is 0 Å². The Kier molecular flexibility index (Phi) is 3.89. The van der Waals surface area contributed by atoms with Crippen LogP contribution in [-0.4, -0.2) is 36.4 Å². The molecule has 0 bridgehead atoms. The van der Waals surface area contributed by atoms with Crippen LogP contribution < -0.4 is 5.73 Å². The monoisotopic (exact) mass is 330 g/mol. The molecule has 3 rings (SSSR count).